The molecule has 0 unspecified atom stereocenters. The van der Waals surface area contributed by atoms with E-state index >= 15 is 0 Å². The van der Waals surface area contributed by atoms with E-state index < -0.39 is 0 Å². The molecular weight excluding hydrogens is 195 g/mol. The molecule has 0 saturated carbocycles. The van der Waals surface area contributed by atoms with Crippen molar-refractivity contribution in [3.05, 3.63) is 41.3 Å². The summed E-state index contributed by atoms with van der Waals surface area (Å²) in [5, 5.41) is 0. The second-order valence-corrected chi connectivity index (χ2v) is 4.83. The smallest absolute Gasteiger partial charge is 0.189 e. The third-order valence-corrected chi connectivity index (χ3v) is 2.33. The zero-order chi connectivity index (χ0) is 10.1. The van der Waals surface area contributed by atoms with E-state index in [1.54, 1.807) is 0 Å². The summed E-state index contributed by atoms with van der Waals surface area (Å²) in [5.41, 5.74) is 3.01. The molecule has 0 nitrogen and oxygen atoms in total. The quantitative estimate of drug-likeness (QED) is 0.482. The second-order valence-electron chi connectivity index (χ2n) is 4.83. The van der Waals surface area contributed by atoms with Gasteiger partial charge < -0.3 is 0 Å². The molecule has 0 amide bonds. The summed E-state index contributed by atoms with van der Waals surface area (Å²) in [6, 6.07) is 8.86. The molecule has 14 heavy (non-hydrogen) atoms. The molecule has 1 aromatic rings. The maximum Gasteiger partial charge on any atom is 1.00 e. The molecule has 72 valence electrons. The molecule has 1 aromatic carbocycles. The van der Waals surface area contributed by atoms with Crippen molar-refractivity contribution in [3.8, 4) is 0 Å². The third-order valence-electron chi connectivity index (χ3n) is 2.33. The van der Waals surface area contributed by atoms with Gasteiger partial charge in [0.15, 0.2) is 0 Å². The number of benzene rings is 1. The van der Waals surface area contributed by atoms with Crippen molar-refractivity contribution in [2.45, 2.75) is 40.0 Å². The third kappa shape index (κ3) is 4.07. The van der Waals surface area contributed by atoms with Crippen LogP contribution in [0.3, 0.4) is 0 Å². The van der Waals surface area contributed by atoms with Crippen LogP contribution in [0.1, 0.15) is 45.7 Å². The van der Waals surface area contributed by atoms with E-state index in [1.165, 1.54) is 17.0 Å². The van der Waals surface area contributed by atoms with Crippen LogP contribution in [-0.4, -0.2) is 0 Å². The summed E-state index contributed by atoms with van der Waals surface area (Å²) in [5.74, 6) is 1.38. The van der Waals surface area contributed by atoms with Gasteiger partial charge in [-0.25, -0.2) is 0 Å². The summed E-state index contributed by atoms with van der Waals surface area (Å²) in [7, 11) is 0. The minimum absolute atomic E-state index is 0. The number of hydrogen-bond acceptors (Lipinski definition) is 0. The van der Waals surface area contributed by atoms with Crippen LogP contribution in [0.2, 0.25) is 0 Å². The molecular formula is C13H19K. The zero-order valence-electron chi connectivity index (χ0n) is 10.3. The zero-order valence-corrected chi connectivity index (χ0v) is 13.4. The fourth-order valence-electron chi connectivity index (χ4n) is 1.30. The molecule has 0 spiro atoms. The maximum absolute atomic E-state index is 2.24. The Kier molecular flexibility index (Phi) is 6.01. The van der Waals surface area contributed by atoms with Crippen molar-refractivity contribution in [1.29, 1.82) is 0 Å². The van der Waals surface area contributed by atoms with Gasteiger partial charge in [0.25, 0.3) is 0 Å². The van der Waals surface area contributed by atoms with E-state index in [4.69, 9.17) is 0 Å². The van der Waals surface area contributed by atoms with Gasteiger partial charge in [-0.05, 0) is 5.41 Å². The van der Waals surface area contributed by atoms with Crippen LogP contribution in [-0.2, 0) is 5.41 Å². The molecule has 0 bridgehead atoms. The predicted octanol–water partition coefficient (Wildman–Crippen LogP) is 0.950. The first-order valence-corrected chi connectivity index (χ1v) is 4.82. The first-order chi connectivity index (χ1) is 5.91. The van der Waals surface area contributed by atoms with Gasteiger partial charge in [-0.1, -0.05) is 40.2 Å². The Hall–Kier alpha value is 0.726. The average Bonchev–Trinajstić information content (AvgIpc) is 2.03. The van der Waals surface area contributed by atoms with E-state index in [0.29, 0.717) is 0 Å². The van der Waals surface area contributed by atoms with E-state index in [2.05, 4.69) is 58.9 Å². The number of rotatable bonds is 1. The van der Waals surface area contributed by atoms with Crippen LogP contribution in [0, 0.1) is 5.92 Å². The van der Waals surface area contributed by atoms with Gasteiger partial charge in [-0.15, -0.1) is 12.1 Å². The molecule has 1 heteroatoms. The Morgan fingerprint density at radius 2 is 1.36 bits per heavy atom. The normalized spacial score (nSPS) is 10.6. The van der Waals surface area contributed by atoms with Crippen molar-refractivity contribution >= 4 is 0 Å². The van der Waals surface area contributed by atoms with Crippen molar-refractivity contribution in [1.82, 2.24) is 0 Å². The molecule has 0 saturated heterocycles. The molecule has 0 aliphatic carbocycles. The van der Waals surface area contributed by atoms with Gasteiger partial charge in [0.2, 0.25) is 0 Å². The van der Waals surface area contributed by atoms with Gasteiger partial charge in [-0.2, -0.15) is 23.6 Å². The summed E-state index contributed by atoms with van der Waals surface area (Å²) >= 11 is 0. The van der Waals surface area contributed by atoms with Crippen LogP contribution in [0.5, 0.6) is 0 Å². The van der Waals surface area contributed by atoms with Crippen molar-refractivity contribution in [2.24, 2.45) is 0 Å². The first kappa shape index (κ1) is 14.7. The van der Waals surface area contributed by atoms with Crippen LogP contribution in [0.4, 0.5) is 0 Å². The fourth-order valence-corrected chi connectivity index (χ4v) is 1.30. The maximum atomic E-state index is 2.24. The topological polar surface area (TPSA) is 0 Å². The molecule has 0 fully saturated rings. The summed E-state index contributed by atoms with van der Waals surface area (Å²) in [4.78, 5) is 0. The van der Waals surface area contributed by atoms with Crippen molar-refractivity contribution < 1.29 is 51.4 Å². The van der Waals surface area contributed by atoms with Gasteiger partial charge in [0.05, 0.1) is 0 Å². The fraction of sp³-hybridized carbons (Fsp3) is 0.462. The number of hydrogen-bond donors (Lipinski definition) is 0. The molecule has 0 aliphatic heterocycles. The Balaban J connectivity index is 0.00000169. The van der Waals surface area contributed by atoms with Gasteiger partial charge in [0, 0.05) is 0 Å². The van der Waals surface area contributed by atoms with Crippen LogP contribution in [0.15, 0.2) is 24.3 Å². The van der Waals surface area contributed by atoms with E-state index in [-0.39, 0.29) is 56.8 Å². The molecule has 0 N–H and O–H groups in total. The van der Waals surface area contributed by atoms with Crippen molar-refractivity contribution in [2.75, 3.05) is 0 Å². The SMILES string of the molecule is C[C-](C)c1ccc(C(C)(C)C)cc1.[K+]. The minimum Gasteiger partial charge on any atom is -0.189 e. The Bertz CT molecular complexity index is 264. The summed E-state index contributed by atoms with van der Waals surface area (Å²) in [6.45, 7) is 11.0. The van der Waals surface area contributed by atoms with Gasteiger partial charge in [-0.3, -0.25) is 0 Å². The largest absolute Gasteiger partial charge is 1.00 e. The minimum atomic E-state index is 0. The standard InChI is InChI=1S/C13H19.K/c1-10(2)11-6-8-12(9-7-11)13(3,4)5;/h6-9H,1-5H3;/q-1;+1. The summed E-state index contributed by atoms with van der Waals surface area (Å²) in [6.07, 6.45) is 0. The first-order valence-electron chi connectivity index (χ1n) is 4.82. The van der Waals surface area contributed by atoms with Crippen LogP contribution in [0.25, 0.3) is 0 Å². The van der Waals surface area contributed by atoms with Crippen molar-refractivity contribution in [3.63, 3.8) is 0 Å². The molecule has 0 radical (unpaired) electrons. The monoisotopic (exact) mass is 214 g/mol. The Morgan fingerprint density at radius 3 is 1.64 bits per heavy atom. The average molecular weight is 214 g/mol. The van der Waals surface area contributed by atoms with E-state index in [9.17, 15) is 0 Å². The molecule has 0 aromatic heterocycles. The molecule has 0 heterocycles. The van der Waals surface area contributed by atoms with Gasteiger partial charge in [0.1, 0.15) is 0 Å². The Labute approximate surface area is 131 Å². The predicted molar refractivity (Wildman–Crippen MR) is 58.8 cm³/mol. The molecule has 1 rings (SSSR count). The van der Waals surface area contributed by atoms with E-state index in [0.717, 1.165) is 0 Å². The summed E-state index contributed by atoms with van der Waals surface area (Å²) < 4.78 is 0. The Morgan fingerprint density at radius 1 is 0.929 bits per heavy atom. The second kappa shape index (κ2) is 5.71. The van der Waals surface area contributed by atoms with Crippen LogP contribution >= 0.6 is 0 Å². The van der Waals surface area contributed by atoms with Gasteiger partial charge >= 0.3 is 51.4 Å². The molecule has 0 aliphatic rings. The van der Waals surface area contributed by atoms with E-state index in [1.807, 2.05) is 0 Å². The van der Waals surface area contributed by atoms with Crippen LogP contribution < -0.4 is 51.4 Å². The molecule has 0 atom stereocenters.